The van der Waals surface area contributed by atoms with E-state index in [1.807, 2.05) is 38.1 Å². The van der Waals surface area contributed by atoms with Crippen molar-refractivity contribution in [1.82, 2.24) is 9.38 Å². The third-order valence-electron chi connectivity index (χ3n) is 3.43. The molecule has 3 rings (SSSR count). The van der Waals surface area contributed by atoms with Crippen molar-refractivity contribution >= 4 is 23.1 Å². The van der Waals surface area contributed by atoms with Crippen molar-refractivity contribution in [2.75, 3.05) is 6.61 Å². The smallest absolute Gasteiger partial charge is 0.358 e. The molecule has 0 radical (unpaired) electrons. The van der Waals surface area contributed by atoms with Crippen LogP contribution >= 0.6 is 0 Å². The van der Waals surface area contributed by atoms with Gasteiger partial charge < -0.3 is 9.84 Å². The summed E-state index contributed by atoms with van der Waals surface area (Å²) in [5, 5.41) is 17.7. The van der Waals surface area contributed by atoms with E-state index in [4.69, 9.17) is 4.74 Å². The van der Waals surface area contributed by atoms with Crippen LogP contribution in [0.15, 0.2) is 52.7 Å². The Kier molecular flexibility index (Phi) is 4.24. The second kappa shape index (κ2) is 6.49. The number of carboxylic acids is 1. The average Bonchev–Trinajstić information content (AvgIpc) is 2.95. The number of pyridine rings is 1. The standard InChI is InChI=1S/C17H16N4O3/c1-3-24-13-9-5-4-8-12(13)19-20-16-15(17(22)23)18-14-10-6-7-11(2)21(14)16/h4-10H,3H2,1-2H3,(H,22,23). The molecule has 0 saturated carbocycles. The maximum Gasteiger partial charge on any atom is 0.358 e. The number of aromatic nitrogens is 2. The second-order valence-electron chi connectivity index (χ2n) is 5.05. The maximum absolute atomic E-state index is 11.5. The van der Waals surface area contributed by atoms with Crippen LogP contribution in [0.3, 0.4) is 0 Å². The lowest BCUT2D eigenvalue weighted by Gasteiger charge is -2.05. The first kappa shape index (κ1) is 15.7. The Bertz CT molecular complexity index is 931. The van der Waals surface area contributed by atoms with Crippen molar-refractivity contribution in [2.45, 2.75) is 13.8 Å². The molecule has 0 amide bonds. The highest BCUT2D eigenvalue weighted by Crippen LogP contribution is 2.30. The SMILES string of the molecule is CCOc1ccccc1N=Nc1c(C(=O)O)nc2cccc(C)n12. The first-order valence-corrected chi connectivity index (χ1v) is 7.46. The van der Waals surface area contributed by atoms with E-state index in [1.54, 1.807) is 22.6 Å². The average molecular weight is 324 g/mol. The lowest BCUT2D eigenvalue weighted by molar-refractivity contribution is 0.0692. The second-order valence-corrected chi connectivity index (χ2v) is 5.05. The van der Waals surface area contributed by atoms with Crippen LogP contribution in [0.5, 0.6) is 5.75 Å². The molecule has 0 atom stereocenters. The molecule has 0 aliphatic carbocycles. The molecule has 7 heteroatoms. The maximum atomic E-state index is 11.5. The molecule has 2 aromatic heterocycles. The number of hydrogen-bond acceptors (Lipinski definition) is 5. The van der Waals surface area contributed by atoms with Crippen LogP contribution in [0, 0.1) is 6.92 Å². The van der Waals surface area contributed by atoms with Crippen LogP contribution in [0.25, 0.3) is 5.65 Å². The van der Waals surface area contributed by atoms with Gasteiger partial charge >= 0.3 is 5.97 Å². The van der Waals surface area contributed by atoms with Crippen LogP contribution in [0.2, 0.25) is 0 Å². The number of nitrogens with zero attached hydrogens (tertiary/aromatic N) is 4. The molecule has 0 bridgehead atoms. The van der Waals surface area contributed by atoms with Crippen LogP contribution in [-0.2, 0) is 0 Å². The number of benzene rings is 1. The zero-order valence-electron chi connectivity index (χ0n) is 13.3. The van der Waals surface area contributed by atoms with Crippen molar-refractivity contribution < 1.29 is 14.6 Å². The number of carbonyl (C=O) groups is 1. The number of aromatic carboxylic acids is 1. The fourth-order valence-corrected chi connectivity index (χ4v) is 2.39. The predicted octanol–water partition coefficient (Wildman–Crippen LogP) is 4.16. The lowest BCUT2D eigenvalue weighted by atomic mass is 10.3. The topological polar surface area (TPSA) is 88.5 Å². The van der Waals surface area contributed by atoms with Crippen molar-refractivity contribution in [1.29, 1.82) is 0 Å². The van der Waals surface area contributed by atoms with E-state index in [0.717, 1.165) is 5.69 Å². The highest BCUT2D eigenvalue weighted by Gasteiger charge is 2.19. The van der Waals surface area contributed by atoms with Crippen LogP contribution < -0.4 is 4.74 Å². The zero-order chi connectivity index (χ0) is 17.1. The minimum atomic E-state index is -1.15. The first-order valence-electron chi connectivity index (χ1n) is 7.46. The van der Waals surface area contributed by atoms with Gasteiger partial charge in [-0.3, -0.25) is 4.40 Å². The third kappa shape index (κ3) is 2.83. The van der Waals surface area contributed by atoms with Crippen LogP contribution in [0.4, 0.5) is 11.5 Å². The van der Waals surface area contributed by atoms with Gasteiger partial charge in [0, 0.05) is 5.69 Å². The van der Waals surface area contributed by atoms with Crippen molar-refractivity contribution in [3.05, 3.63) is 53.9 Å². The van der Waals surface area contributed by atoms with Crippen molar-refractivity contribution in [2.24, 2.45) is 10.2 Å². The number of aryl methyl sites for hydroxylation is 1. The molecule has 0 spiro atoms. The molecule has 3 aromatic rings. The number of ether oxygens (including phenoxy) is 1. The van der Waals surface area contributed by atoms with E-state index in [2.05, 4.69) is 15.2 Å². The fraction of sp³-hybridized carbons (Fsp3) is 0.176. The summed E-state index contributed by atoms with van der Waals surface area (Å²) in [6, 6.07) is 12.6. The summed E-state index contributed by atoms with van der Waals surface area (Å²) in [5.41, 5.74) is 1.72. The Morgan fingerprint density at radius 2 is 2.00 bits per heavy atom. The van der Waals surface area contributed by atoms with E-state index in [0.29, 0.717) is 23.7 Å². The molecular formula is C17H16N4O3. The van der Waals surface area contributed by atoms with Crippen molar-refractivity contribution in [3.63, 3.8) is 0 Å². The summed E-state index contributed by atoms with van der Waals surface area (Å²) in [6.07, 6.45) is 0. The fourth-order valence-electron chi connectivity index (χ4n) is 2.39. The van der Waals surface area contributed by atoms with Crippen LogP contribution in [-0.4, -0.2) is 27.1 Å². The molecule has 0 fully saturated rings. The number of rotatable bonds is 5. The van der Waals surface area contributed by atoms with Gasteiger partial charge in [0.15, 0.2) is 11.5 Å². The summed E-state index contributed by atoms with van der Waals surface area (Å²) in [4.78, 5) is 15.6. The summed E-state index contributed by atoms with van der Waals surface area (Å²) in [6.45, 7) is 4.24. The van der Waals surface area contributed by atoms with Gasteiger partial charge in [-0.05, 0) is 38.1 Å². The predicted molar refractivity (Wildman–Crippen MR) is 88.7 cm³/mol. The van der Waals surface area contributed by atoms with E-state index < -0.39 is 5.97 Å². The number of carboxylic acid groups (broad SMARTS) is 1. The molecular weight excluding hydrogens is 308 g/mol. The van der Waals surface area contributed by atoms with Gasteiger partial charge in [-0.25, -0.2) is 9.78 Å². The van der Waals surface area contributed by atoms with Gasteiger partial charge in [-0.15, -0.1) is 10.2 Å². The lowest BCUT2D eigenvalue weighted by Crippen LogP contribution is -1.97. The molecule has 0 saturated heterocycles. The molecule has 0 unspecified atom stereocenters. The van der Waals surface area contributed by atoms with E-state index in [-0.39, 0.29) is 11.5 Å². The van der Waals surface area contributed by atoms with E-state index >= 15 is 0 Å². The Morgan fingerprint density at radius 3 is 2.75 bits per heavy atom. The molecule has 24 heavy (non-hydrogen) atoms. The quantitative estimate of drug-likeness (QED) is 0.714. The Balaban J connectivity index is 2.13. The Labute approximate surface area is 138 Å². The number of imidazole rings is 1. The molecule has 122 valence electrons. The monoisotopic (exact) mass is 324 g/mol. The number of azo groups is 1. The normalized spacial score (nSPS) is 11.2. The van der Waals surface area contributed by atoms with Gasteiger partial charge in [0.1, 0.15) is 17.1 Å². The minimum Gasteiger partial charge on any atom is -0.492 e. The summed E-state index contributed by atoms with van der Waals surface area (Å²) >= 11 is 0. The van der Waals surface area contributed by atoms with Gasteiger partial charge in [0.25, 0.3) is 0 Å². The molecule has 7 nitrogen and oxygen atoms in total. The number of para-hydroxylation sites is 1. The highest BCUT2D eigenvalue weighted by atomic mass is 16.5. The summed E-state index contributed by atoms with van der Waals surface area (Å²) in [5.74, 6) is -0.377. The highest BCUT2D eigenvalue weighted by molar-refractivity contribution is 5.91. The number of hydrogen-bond donors (Lipinski definition) is 1. The number of fused-ring (bicyclic) bond motifs is 1. The molecule has 2 heterocycles. The first-order chi connectivity index (χ1) is 11.6. The molecule has 1 N–H and O–H groups in total. The largest absolute Gasteiger partial charge is 0.492 e. The van der Waals surface area contributed by atoms with Crippen LogP contribution in [0.1, 0.15) is 23.1 Å². The Morgan fingerprint density at radius 1 is 1.21 bits per heavy atom. The van der Waals surface area contributed by atoms with Gasteiger partial charge in [-0.2, -0.15) is 0 Å². The Hall–Kier alpha value is -3.22. The van der Waals surface area contributed by atoms with Crippen molar-refractivity contribution in [3.8, 4) is 5.75 Å². The molecule has 0 aliphatic heterocycles. The van der Waals surface area contributed by atoms with Gasteiger partial charge in [-0.1, -0.05) is 18.2 Å². The van der Waals surface area contributed by atoms with Gasteiger partial charge in [0.05, 0.1) is 6.61 Å². The molecule has 0 aliphatic rings. The van der Waals surface area contributed by atoms with Gasteiger partial charge in [0.2, 0.25) is 0 Å². The van der Waals surface area contributed by atoms with E-state index in [9.17, 15) is 9.90 Å². The minimum absolute atomic E-state index is 0.137. The summed E-state index contributed by atoms with van der Waals surface area (Å²) < 4.78 is 7.17. The third-order valence-corrected chi connectivity index (χ3v) is 3.43. The van der Waals surface area contributed by atoms with E-state index in [1.165, 1.54) is 0 Å². The summed E-state index contributed by atoms with van der Waals surface area (Å²) in [7, 11) is 0. The zero-order valence-corrected chi connectivity index (χ0v) is 13.3. The molecule has 1 aromatic carbocycles.